The van der Waals surface area contributed by atoms with Crippen LogP contribution in [0.25, 0.3) is 0 Å². The summed E-state index contributed by atoms with van der Waals surface area (Å²) in [5.41, 5.74) is 0.330. The zero-order valence-corrected chi connectivity index (χ0v) is 7.81. The Kier molecular flexibility index (Phi) is 2.90. The molecular weight excluding hydrogens is 138 g/mol. The van der Waals surface area contributed by atoms with Crippen molar-refractivity contribution >= 4 is 0 Å². The lowest BCUT2D eigenvalue weighted by Crippen LogP contribution is -2.37. The van der Waals surface area contributed by atoms with Crippen LogP contribution >= 0.6 is 0 Å². The summed E-state index contributed by atoms with van der Waals surface area (Å²) in [6.45, 7) is 10.7. The van der Waals surface area contributed by atoms with Gasteiger partial charge in [-0.2, -0.15) is 0 Å². The number of hydrogen-bond donors (Lipinski definition) is 1. The number of hydrogen-bond acceptors (Lipinski definition) is 2. The summed E-state index contributed by atoms with van der Waals surface area (Å²) in [4.78, 5) is 0. The molecule has 1 aliphatic rings. The van der Waals surface area contributed by atoms with Crippen LogP contribution in [0.1, 0.15) is 20.8 Å². The van der Waals surface area contributed by atoms with Crippen LogP contribution in [0.3, 0.4) is 0 Å². The molecule has 0 aliphatic carbocycles. The molecular formula is C9H19NO. The lowest BCUT2D eigenvalue weighted by molar-refractivity contribution is 0.0521. The Hall–Kier alpha value is -0.0800. The fourth-order valence-corrected chi connectivity index (χ4v) is 1.25. The van der Waals surface area contributed by atoms with Crippen LogP contribution in [0.2, 0.25) is 0 Å². The molecule has 1 N–H and O–H groups in total. The molecule has 1 atom stereocenters. The average Bonchev–Trinajstić information content (AvgIpc) is 2.15. The van der Waals surface area contributed by atoms with Gasteiger partial charge in [-0.25, -0.2) is 0 Å². The minimum Gasteiger partial charge on any atom is -0.380 e. The molecule has 2 heteroatoms. The Morgan fingerprint density at radius 3 is 2.82 bits per heavy atom. The van der Waals surface area contributed by atoms with Crippen LogP contribution in [0.4, 0.5) is 0 Å². The van der Waals surface area contributed by atoms with Crippen molar-refractivity contribution in [1.29, 1.82) is 0 Å². The largest absolute Gasteiger partial charge is 0.380 e. The van der Waals surface area contributed by atoms with Gasteiger partial charge in [0, 0.05) is 18.5 Å². The first-order valence-corrected chi connectivity index (χ1v) is 4.43. The number of ether oxygens (including phenoxy) is 1. The Labute approximate surface area is 69.3 Å². The lowest BCUT2D eigenvalue weighted by Gasteiger charge is -2.31. The second-order valence-electron chi connectivity index (χ2n) is 4.04. The van der Waals surface area contributed by atoms with E-state index in [2.05, 4.69) is 26.1 Å². The molecule has 0 saturated carbocycles. The van der Waals surface area contributed by atoms with E-state index in [-0.39, 0.29) is 0 Å². The van der Waals surface area contributed by atoms with E-state index >= 15 is 0 Å². The van der Waals surface area contributed by atoms with Crippen molar-refractivity contribution in [3.05, 3.63) is 0 Å². The normalized spacial score (nSPS) is 33.8. The second kappa shape index (κ2) is 3.55. The Bertz CT molecular complexity index is 115. The van der Waals surface area contributed by atoms with E-state index in [9.17, 15) is 0 Å². The molecule has 0 aromatic heterocycles. The summed E-state index contributed by atoms with van der Waals surface area (Å²) in [7, 11) is 0. The van der Waals surface area contributed by atoms with Gasteiger partial charge in [-0.1, -0.05) is 20.8 Å². The lowest BCUT2D eigenvalue weighted by atomic mass is 9.80. The van der Waals surface area contributed by atoms with Crippen molar-refractivity contribution in [1.82, 2.24) is 5.32 Å². The molecule has 1 fully saturated rings. The topological polar surface area (TPSA) is 21.3 Å². The number of nitrogens with one attached hydrogen (secondary N) is 1. The smallest absolute Gasteiger partial charge is 0.0591 e. The van der Waals surface area contributed by atoms with Crippen LogP contribution in [-0.2, 0) is 4.74 Å². The van der Waals surface area contributed by atoms with Gasteiger partial charge >= 0.3 is 0 Å². The zero-order valence-electron chi connectivity index (χ0n) is 7.81. The summed E-state index contributed by atoms with van der Waals surface area (Å²) in [6, 6.07) is 0. The highest BCUT2D eigenvalue weighted by molar-refractivity contribution is 4.81. The minimum absolute atomic E-state index is 0.330. The predicted octanol–water partition coefficient (Wildman–Crippen LogP) is 1.27. The first-order chi connectivity index (χ1) is 5.15. The Balaban J connectivity index is 2.52. The summed E-state index contributed by atoms with van der Waals surface area (Å²) < 4.78 is 5.51. The third-order valence-electron chi connectivity index (χ3n) is 2.78. The van der Waals surface area contributed by atoms with Gasteiger partial charge in [0.25, 0.3) is 0 Å². The van der Waals surface area contributed by atoms with E-state index in [4.69, 9.17) is 4.74 Å². The molecule has 1 aliphatic heterocycles. The number of rotatable bonds is 1. The molecule has 11 heavy (non-hydrogen) atoms. The third-order valence-corrected chi connectivity index (χ3v) is 2.78. The molecule has 0 bridgehead atoms. The summed E-state index contributed by atoms with van der Waals surface area (Å²) in [5.74, 6) is 0.688. The summed E-state index contributed by atoms with van der Waals surface area (Å²) >= 11 is 0. The second-order valence-corrected chi connectivity index (χ2v) is 4.04. The van der Waals surface area contributed by atoms with Gasteiger partial charge in [-0.05, 0) is 5.92 Å². The van der Waals surface area contributed by atoms with Crippen molar-refractivity contribution in [2.75, 3.05) is 26.3 Å². The molecule has 2 nitrogen and oxygen atoms in total. The fraction of sp³-hybridized carbons (Fsp3) is 1.00. The predicted molar refractivity (Wildman–Crippen MR) is 46.6 cm³/mol. The molecule has 1 heterocycles. The van der Waals surface area contributed by atoms with E-state index in [1.807, 2.05) is 0 Å². The Morgan fingerprint density at radius 1 is 1.45 bits per heavy atom. The molecule has 1 rings (SSSR count). The SMILES string of the molecule is CC(C)[C@@]1(C)CNCCOC1. The monoisotopic (exact) mass is 157 g/mol. The Morgan fingerprint density at radius 2 is 2.18 bits per heavy atom. The average molecular weight is 157 g/mol. The van der Waals surface area contributed by atoms with E-state index < -0.39 is 0 Å². The fourth-order valence-electron chi connectivity index (χ4n) is 1.25. The first kappa shape index (κ1) is 9.01. The van der Waals surface area contributed by atoms with Crippen LogP contribution in [0.5, 0.6) is 0 Å². The van der Waals surface area contributed by atoms with Crippen molar-refractivity contribution in [2.45, 2.75) is 20.8 Å². The molecule has 0 radical (unpaired) electrons. The van der Waals surface area contributed by atoms with Crippen LogP contribution < -0.4 is 5.32 Å². The highest BCUT2D eigenvalue weighted by Gasteiger charge is 2.29. The van der Waals surface area contributed by atoms with Crippen LogP contribution in [-0.4, -0.2) is 26.3 Å². The van der Waals surface area contributed by atoms with Crippen molar-refractivity contribution in [3.63, 3.8) is 0 Å². The zero-order chi connectivity index (χ0) is 8.32. The van der Waals surface area contributed by atoms with Crippen molar-refractivity contribution in [2.24, 2.45) is 11.3 Å². The minimum atomic E-state index is 0.330. The van der Waals surface area contributed by atoms with E-state index in [0.29, 0.717) is 11.3 Å². The maximum atomic E-state index is 5.51. The van der Waals surface area contributed by atoms with Gasteiger partial charge in [0.1, 0.15) is 0 Å². The van der Waals surface area contributed by atoms with Crippen molar-refractivity contribution in [3.8, 4) is 0 Å². The van der Waals surface area contributed by atoms with E-state index in [0.717, 1.165) is 26.3 Å². The van der Waals surface area contributed by atoms with Crippen LogP contribution in [0, 0.1) is 11.3 Å². The maximum Gasteiger partial charge on any atom is 0.0591 e. The van der Waals surface area contributed by atoms with Gasteiger partial charge in [-0.15, -0.1) is 0 Å². The van der Waals surface area contributed by atoms with Gasteiger partial charge in [0.15, 0.2) is 0 Å². The molecule has 0 unspecified atom stereocenters. The maximum absolute atomic E-state index is 5.51. The van der Waals surface area contributed by atoms with Gasteiger partial charge in [-0.3, -0.25) is 0 Å². The van der Waals surface area contributed by atoms with Gasteiger partial charge < -0.3 is 10.1 Å². The quantitative estimate of drug-likeness (QED) is 0.619. The molecule has 66 valence electrons. The first-order valence-electron chi connectivity index (χ1n) is 4.43. The molecule has 0 aromatic carbocycles. The van der Waals surface area contributed by atoms with Crippen molar-refractivity contribution < 1.29 is 4.74 Å². The molecule has 1 saturated heterocycles. The summed E-state index contributed by atoms with van der Waals surface area (Å²) in [6.07, 6.45) is 0. The van der Waals surface area contributed by atoms with Gasteiger partial charge in [0.2, 0.25) is 0 Å². The highest BCUT2D eigenvalue weighted by Crippen LogP contribution is 2.27. The van der Waals surface area contributed by atoms with E-state index in [1.54, 1.807) is 0 Å². The van der Waals surface area contributed by atoms with E-state index in [1.165, 1.54) is 0 Å². The molecule has 0 spiro atoms. The summed E-state index contributed by atoms with van der Waals surface area (Å²) in [5, 5.41) is 3.39. The third kappa shape index (κ3) is 2.17. The standard InChI is InChI=1S/C9H19NO/c1-8(2)9(3)6-10-4-5-11-7-9/h8,10H,4-7H2,1-3H3/t9-/m0/s1. The molecule has 0 amide bonds. The van der Waals surface area contributed by atoms with Gasteiger partial charge in [0.05, 0.1) is 13.2 Å². The van der Waals surface area contributed by atoms with Crippen LogP contribution in [0.15, 0.2) is 0 Å². The molecule has 0 aromatic rings. The highest BCUT2D eigenvalue weighted by atomic mass is 16.5.